The van der Waals surface area contributed by atoms with Gasteiger partial charge in [0.25, 0.3) is 5.88 Å². The van der Waals surface area contributed by atoms with Crippen LogP contribution in [0.15, 0.2) is 22.7 Å². The number of nitrogens with zero attached hydrogens (tertiary/aromatic N) is 2. The van der Waals surface area contributed by atoms with Crippen LogP contribution < -0.4 is 9.47 Å². The van der Waals surface area contributed by atoms with E-state index in [9.17, 15) is 4.79 Å². The van der Waals surface area contributed by atoms with E-state index in [1.54, 1.807) is 0 Å². The molecule has 1 aromatic heterocycles. The Balaban J connectivity index is 1.11. The second kappa shape index (κ2) is 11.6. The number of piperidine rings is 1. The third-order valence-corrected chi connectivity index (χ3v) is 7.42. The molecular weight excluding hydrogens is 452 g/mol. The van der Waals surface area contributed by atoms with Gasteiger partial charge in [0.1, 0.15) is 17.2 Å². The van der Waals surface area contributed by atoms with Crippen molar-refractivity contribution < 1.29 is 33.0 Å². The van der Waals surface area contributed by atoms with Crippen molar-refractivity contribution in [1.29, 1.82) is 0 Å². The minimum absolute atomic E-state index is 0.0395. The summed E-state index contributed by atoms with van der Waals surface area (Å²) in [5, 5.41) is 5.00. The Hall–Kier alpha value is -2.36. The van der Waals surface area contributed by atoms with E-state index in [4.69, 9.17) is 28.2 Å². The summed E-state index contributed by atoms with van der Waals surface area (Å²) in [7, 11) is 1.46. The predicted octanol–water partition coefficient (Wildman–Crippen LogP) is 3.44. The standard InChI is InChI=1S/C26H36N2O7/c1-30-26(29)19-7-14-32-21(15-19)16-28-10-5-18(6-11-28)17-33-25-24-22(3-2-4-23(24)35-27-25)34-20-8-12-31-13-9-20/h2-4,18-21H,5-17H2,1H3. The van der Waals surface area contributed by atoms with Crippen molar-refractivity contribution in [2.24, 2.45) is 11.8 Å². The van der Waals surface area contributed by atoms with E-state index in [1.165, 1.54) is 7.11 Å². The zero-order valence-corrected chi connectivity index (χ0v) is 20.5. The van der Waals surface area contributed by atoms with Gasteiger partial charge in [0.15, 0.2) is 5.58 Å². The van der Waals surface area contributed by atoms with Gasteiger partial charge in [-0.05, 0) is 62.0 Å². The van der Waals surface area contributed by atoms with Crippen LogP contribution in [0.2, 0.25) is 0 Å². The van der Waals surface area contributed by atoms with Crippen LogP contribution in [-0.2, 0) is 19.0 Å². The van der Waals surface area contributed by atoms with E-state index < -0.39 is 0 Å². The molecule has 192 valence electrons. The molecule has 2 aromatic rings. The van der Waals surface area contributed by atoms with Crippen LogP contribution in [-0.4, -0.2) is 81.4 Å². The molecule has 9 nitrogen and oxygen atoms in total. The highest BCUT2D eigenvalue weighted by Gasteiger charge is 2.31. The Morgan fingerprint density at radius 3 is 2.74 bits per heavy atom. The van der Waals surface area contributed by atoms with Gasteiger partial charge in [0.05, 0.1) is 39.0 Å². The highest BCUT2D eigenvalue weighted by molar-refractivity contribution is 5.88. The molecule has 0 saturated carbocycles. The lowest BCUT2D eigenvalue weighted by Gasteiger charge is -2.36. The molecule has 2 atom stereocenters. The maximum atomic E-state index is 11.9. The van der Waals surface area contributed by atoms with Crippen LogP contribution in [0.5, 0.6) is 11.6 Å². The number of carbonyl (C=O) groups is 1. The van der Waals surface area contributed by atoms with Crippen molar-refractivity contribution in [3.8, 4) is 11.6 Å². The van der Waals surface area contributed by atoms with Gasteiger partial charge in [-0.2, -0.15) is 0 Å². The fourth-order valence-corrected chi connectivity index (χ4v) is 5.31. The summed E-state index contributed by atoms with van der Waals surface area (Å²) in [4.78, 5) is 14.3. The zero-order valence-electron chi connectivity index (χ0n) is 20.5. The lowest BCUT2D eigenvalue weighted by atomic mass is 9.94. The van der Waals surface area contributed by atoms with E-state index in [-0.39, 0.29) is 24.1 Å². The predicted molar refractivity (Wildman–Crippen MR) is 128 cm³/mol. The first-order valence-electron chi connectivity index (χ1n) is 12.9. The normalized spacial score (nSPS) is 24.9. The number of fused-ring (bicyclic) bond motifs is 1. The average molecular weight is 489 g/mol. The van der Waals surface area contributed by atoms with Crippen molar-refractivity contribution in [3.63, 3.8) is 0 Å². The van der Waals surface area contributed by atoms with Crippen LogP contribution >= 0.6 is 0 Å². The van der Waals surface area contributed by atoms with E-state index in [0.717, 1.165) is 82.5 Å². The molecule has 0 bridgehead atoms. The van der Waals surface area contributed by atoms with Gasteiger partial charge in [0.2, 0.25) is 0 Å². The number of hydrogen-bond acceptors (Lipinski definition) is 9. The minimum Gasteiger partial charge on any atom is -0.489 e. The maximum Gasteiger partial charge on any atom is 0.308 e. The Labute approximate surface area is 205 Å². The summed E-state index contributed by atoms with van der Waals surface area (Å²) in [5.41, 5.74) is 0.678. The molecule has 0 N–H and O–H groups in total. The van der Waals surface area contributed by atoms with Gasteiger partial charge in [0, 0.05) is 26.0 Å². The molecule has 5 rings (SSSR count). The monoisotopic (exact) mass is 488 g/mol. The highest BCUT2D eigenvalue weighted by atomic mass is 16.5. The second-order valence-corrected chi connectivity index (χ2v) is 9.84. The van der Waals surface area contributed by atoms with Gasteiger partial charge < -0.3 is 33.1 Å². The lowest BCUT2D eigenvalue weighted by molar-refractivity contribution is -0.151. The quantitative estimate of drug-likeness (QED) is 0.518. The molecule has 0 radical (unpaired) electrons. The van der Waals surface area contributed by atoms with Crippen LogP contribution in [0.4, 0.5) is 0 Å². The summed E-state index contributed by atoms with van der Waals surface area (Å²) in [6.45, 7) is 5.53. The second-order valence-electron chi connectivity index (χ2n) is 9.84. The topological polar surface area (TPSA) is 92.5 Å². The molecule has 0 aliphatic carbocycles. The number of benzene rings is 1. The summed E-state index contributed by atoms with van der Waals surface area (Å²) in [5.74, 6) is 1.57. The highest BCUT2D eigenvalue weighted by Crippen LogP contribution is 2.35. The van der Waals surface area contributed by atoms with Crippen LogP contribution in [0.1, 0.15) is 38.5 Å². The van der Waals surface area contributed by atoms with Crippen molar-refractivity contribution in [1.82, 2.24) is 10.1 Å². The Kier molecular flexibility index (Phi) is 8.06. The number of aromatic nitrogens is 1. The number of methoxy groups -OCH3 is 1. The average Bonchev–Trinajstić information content (AvgIpc) is 3.33. The van der Waals surface area contributed by atoms with E-state index in [0.29, 0.717) is 30.6 Å². The Bertz CT molecular complexity index is 966. The Morgan fingerprint density at radius 1 is 1.11 bits per heavy atom. The van der Waals surface area contributed by atoms with Crippen LogP contribution in [0.25, 0.3) is 11.0 Å². The van der Waals surface area contributed by atoms with Crippen molar-refractivity contribution in [2.75, 3.05) is 53.2 Å². The Morgan fingerprint density at radius 2 is 1.94 bits per heavy atom. The SMILES string of the molecule is COC(=O)C1CCOC(CN2CCC(COc3noc4cccc(OC5CCOCC5)c34)CC2)C1. The molecule has 3 aliphatic rings. The zero-order chi connectivity index (χ0) is 24.0. The van der Waals surface area contributed by atoms with Crippen LogP contribution in [0.3, 0.4) is 0 Å². The van der Waals surface area contributed by atoms with Gasteiger partial charge >= 0.3 is 5.97 Å². The summed E-state index contributed by atoms with van der Waals surface area (Å²) in [6.07, 6.45) is 5.59. The summed E-state index contributed by atoms with van der Waals surface area (Å²) >= 11 is 0. The van der Waals surface area contributed by atoms with Gasteiger partial charge in [-0.25, -0.2) is 0 Å². The number of ether oxygens (including phenoxy) is 5. The summed E-state index contributed by atoms with van der Waals surface area (Å²) in [6, 6.07) is 5.77. The minimum atomic E-state index is -0.115. The number of hydrogen-bond donors (Lipinski definition) is 0. The first-order chi connectivity index (χ1) is 17.2. The third kappa shape index (κ3) is 6.08. The van der Waals surface area contributed by atoms with Crippen molar-refractivity contribution in [3.05, 3.63) is 18.2 Å². The maximum absolute atomic E-state index is 11.9. The van der Waals surface area contributed by atoms with Crippen LogP contribution in [0, 0.1) is 11.8 Å². The molecule has 0 spiro atoms. The number of carbonyl (C=O) groups excluding carboxylic acids is 1. The number of likely N-dealkylation sites (tertiary alicyclic amines) is 1. The lowest BCUT2D eigenvalue weighted by Crippen LogP contribution is -2.43. The number of esters is 1. The fourth-order valence-electron chi connectivity index (χ4n) is 5.31. The molecule has 4 heterocycles. The molecular formula is C26H36N2O7. The first kappa shape index (κ1) is 24.3. The molecule has 3 fully saturated rings. The first-order valence-corrected chi connectivity index (χ1v) is 12.9. The molecule has 35 heavy (non-hydrogen) atoms. The molecule has 3 aliphatic heterocycles. The van der Waals surface area contributed by atoms with Gasteiger partial charge in [-0.15, -0.1) is 0 Å². The van der Waals surface area contributed by atoms with E-state index >= 15 is 0 Å². The van der Waals surface area contributed by atoms with Gasteiger partial charge in [-0.3, -0.25) is 4.79 Å². The summed E-state index contributed by atoms with van der Waals surface area (Å²) < 4.78 is 34.2. The largest absolute Gasteiger partial charge is 0.489 e. The van der Waals surface area contributed by atoms with Crippen molar-refractivity contribution >= 4 is 16.9 Å². The van der Waals surface area contributed by atoms with E-state index in [2.05, 4.69) is 10.1 Å². The number of rotatable bonds is 8. The molecule has 2 unspecified atom stereocenters. The fraction of sp³-hybridized carbons (Fsp3) is 0.692. The molecule has 1 aromatic carbocycles. The molecule has 0 amide bonds. The van der Waals surface area contributed by atoms with E-state index in [1.807, 2.05) is 18.2 Å². The molecule has 3 saturated heterocycles. The third-order valence-electron chi connectivity index (χ3n) is 7.42. The molecule has 9 heteroatoms. The smallest absolute Gasteiger partial charge is 0.308 e. The van der Waals surface area contributed by atoms with Gasteiger partial charge in [-0.1, -0.05) is 6.07 Å². The van der Waals surface area contributed by atoms with Crippen molar-refractivity contribution in [2.45, 2.75) is 50.7 Å².